The number of aliphatic hydroxyl groups excluding tert-OH is 1. The van der Waals surface area contributed by atoms with E-state index in [9.17, 15) is 18.7 Å². The predicted octanol–water partition coefficient (Wildman–Crippen LogP) is 6.53. The molecule has 0 aliphatic heterocycles. The summed E-state index contributed by atoms with van der Waals surface area (Å²) in [5, 5.41) is 10.1. The van der Waals surface area contributed by atoms with Gasteiger partial charge in [-0.15, -0.1) is 0 Å². The lowest BCUT2D eigenvalue weighted by Gasteiger charge is -2.19. The van der Waals surface area contributed by atoms with Crippen LogP contribution in [0.25, 0.3) is 22.3 Å². The zero-order chi connectivity index (χ0) is 25.3. The molecule has 0 spiro atoms. The van der Waals surface area contributed by atoms with Gasteiger partial charge in [-0.1, -0.05) is 45.0 Å². The Morgan fingerprint density at radius 3 is 2.20 bits per heavy atom. The molecule has 0 amide bonds. The molecule has 1 heterocycles. The first kappa shape index (κ1) is 24.4. The van der Waals surface area contributed by atoms with Gasteiger partial charge in [0.15, 0.2) is 11.3 Å². The summed E-state index contributed by atoms with van der Waals surface area (Å²) in [4.78, 5) is 13.3. The van der Waals surface area contributed by atoms with Crippen molar-refractivity contribution in [3.8, 4) is 17.1 Å². The third-order valence-electron chi connectivity index (χ3n) is 5.73. The quantitative estimate of drug-likeness (QED) is 0.318. The summed E-state index contributed by atoms with van der Waals surface area (Å²) < 4.78 is 44.1. The largest absolute Gasteiger partial charge is 0.493 e. The molecule has 1 aromatic heterocycles. The molecule has 7 heteroatoms. The molecule has 5 nitrogen and oxygen atoms in total. The summed E-state index contributed by atoms with van der Waals surface area (Å²) in [6.07, 6.45) is 0. The van der Waals surface area contributed by atoms with Crippen LogP contribution in [0.1, 0.15) is 47.8 Å². The highest BCUT2D eigenvalue weighted by atomic mass is 19.1. The molecule has 0 aliphatic rings. The Labute approximate surface area is 201 Å². The molecule has 4 rings (SSSR count). The van der Waals surface area contributed by atoms with E-state index in [-0.39, 0.29) is 35.5 Å². The van der Waals surface area contributed by atoms with Gasteiger partial charge in [-0.3, -0.25) is 0 Å². The van der Waals surface area contributed by atoms with E-state index in [1.54, 1.807) is 12.1 Å². The van der Waals surface area contributed by atoms with E-state index in [2.05, 4.69) is 20.8 Å². The van der Waals surface area contributed by atoms with Gasteiger partial charge in [0.25, 0.3) is 0 Å². The smallest absolute Gasteiger partial charge is 0.343 e. The Balaban J connectivity index is 1.82. The minimum Gasteiger partial charge on any atom is -0.493 e. The first-order valence-electron chi connectivity index (χ1n) is 11.1. The lowest BCUT2D eigenvalue weighted by Crippen LogP contribution is -2.10. The lowest BCUT2D eigenvalue weighted by atomic mass is 9.86. The van der Waals surface area contributed by atoms with Crippen molar-refractivity contribution in [2.45, 2.75) is 39.4 Å². The van der Waals surface area contributed by atoms with Crippen molar-refractivity contribution in [2.24, 2.45) is 0 Å². The van der Waals surface area contributed by atoms with Crippen molar-refractivity contribution in [3.63, 3.8) is 0 Å². The third kappa shape index (κ3) is 5.05. The molecule has 0 radical (unpaired) electrons. The minimum absolute atomic E-state index is 0.0619. The van der Waals surface area contributed by atoms with Crippen LogP contribution in [0, 0.1) is 11.6 Å². The topological polar surface area (TPSA) is 68.9 Å². The summed E-state index contributed by atoms with van der Waals surface area (Å²) >= 11 is 0. The fourth-order valence-corrected chi connectivity index (χ4v) is 3.91. The van der Waals surface area contributed by atoms with E-state index >= 15 is 0 Å². The number of furan rings is 1. The van der Waals surface area contributed by atoms with E-state index in [0.29, 0.717) is 27.8 Å². The molecule has 0 saturated heterocycles. The van der Waals surface area contributed by atoms with Crippen molar-refractivity contribution in [1.29, 1.82) is 0 Å². The third-order valence-corrected chi connectivity index (χ3v) is 5.73. The van der Waals surface area contributed by atoms with Gasteiger partial charge >= 0.3 is 5.97 Å². The number of hydrogen-bond donors (Lipinski definition) is 1. The van der Waals surface area contributed by atoms with E-state index in [4.69, 9.17) is 13.9 Å². The van der Waals surface area contributed by atoms with Crippen molar-refractivity contribution >= 4 is 16.9 Å². The number of halogens is 2. The number of carbonyl (C=O) groups is 1. The van der Waals surface area contributed by atoms with Gasteiger partial charge in [-0.2, -0.15) is 0 Å². The minimum atomic E-state index is -0.762. The second-order valence-corrected chi connectivity index (χ2v) is 9.32. The maximum Gasteiger partial charge on any atom is 0.343 e. The summed E-state index contributed by atoms with van der Waals surface area (Å²) in [7, 11) is 1.47. The van der Waals surface area contributed by atoms with Crippen LogP contribution in [0.2, 0.25) is 0 Å². The first-order valence-corrected chi connectivity index (χ1v) is 11.1. The predicted molar refractivity (Wildman–Crippen MR) is 128 cm³/mol. The highest BCUT2D eigenvalue weighted by Crippen LogP contribution is 2.40. The van der Waals surface area contributed by atoms with Gasteiger partial charge in [-0.25, -0.2) is 13.6 Å². The highest BCUT2D eigenvalue weighted by Gasteiger charge is 2.26. The van der Waals surface area contributed by atoms with E-state index in [0.717, 1.165) is 23.8 Å². The van der Waals surface area contributed by atoms with Gasteiger partial charge in [0.2, 0.25) is 0 Å². The zero-order valence-corrected chi connectivity index (χ0v) is 19.9. The number of benzene rings is 3. The van der Waals surface area contributed by atoms with Gasteiger partial charge < -0.3 is 19.0 Å². The Hall–Kier alpha value is -3.71. The van der Waals surface area contributed by atoms with Crippen LogP contribution < -0.4 is 4.74 Å². The van der Waals surface area contributed by atoms with Crippen LogP contribution in [0.15, 0.2) is 59.0 Å². The lowest BCUT2D eigenvalue weighted by molar-refractivity contribution is 0.0474. The number of methoxy groups -OCH3 is 1. The molecule has 0 saturated carbocycles. The SMILES string of the molecule is COc1cc(CO)cc2c(C(=O)OCc3cc(F)cc(F)c3)c(-c3ccc(C(C)(C)C)cc3)oc12. The number of rotatable bonds is 6. The van der Waals surface area contributed by atoms with Crippen molar-refractivity contribution in [1.82, 2.24) is 0 Å². The van der Waals surface area contributed by atoms with Crippen LogP contribution in [0.5, 0.6) is 5.75 Å². The molecule has 4 aromatic rings. The Bertz CT molecular complexity index is 1360. The number of ether oxygens (including phenoxy) is 2. The van der Waals surface area contributed by atoms with Crippen molar-refractivity contribution in [2.75, 3.05) is 7.11 Å². The van der Waals surface area contributed by atoms with Crippen LogP contribution in [-0.2, 0) is 23.4 Å². The molecule has 35 heavy (non-hydrogen) atoms. The summed E-state index contributed by atoms with van der Waals surface area (Å²) in [6, 6.07) is 13.8. The Kier molecular flexibility index (Phi) is 6.63. The molecular weight excluding hydrogens is 454 g/mol. The first-order chi connectivity index (χ1) is 16.6. The standard InChI is InChI=1S/C28H26F2O5/c1-28(2,3)19-7-5-18(6-8-19)25-24(22-11-16(14-31)12-23(33-4)26(22)35-25)27(32)34-15-17-9-20(29)13-21(30)10-17/h5-13,31H,14-15H2,1-4H3. The van der Waals surface area contributed by atoms with Gasteiger partial charge in [0.05, 0.1) is 13.7 Å². The summed E-state index contributed by atoms with van der Waals surface area (Å²) in [5.41, 5.74) is 2.84. The fourth-order valence-electron chi connectivity index (χ4n) is 3.91. The molecule has 0 bridgehead atoms. The van der Waals surface area contributed by atoms with E-state index in [1.807, 2.05) is 24.3 Å². The van der Waals surface area contributed by atoms with Crippen LogP contribution >= 0.6 is 0 Å². The van der Waals surface area contributed by atoms with Gasteiger partial charge in [-0.05, 0) is 46.4 Å². The van der Waals surface area contributed by atoms with Crippen molar-refractivity contribution in [3.05, 3.63) is 88.5 Å². The number of esters is 1. The fraction of sp³-hybridized carbons (Fsp3) is 0.250. The van der Waals surface area contributed by atoms with Crippen LogP contribution in [0.4, 0.5) is 8.78 Å². The summed E-state index contributed by atoms with van der Waals surface area (Å²) in [5.74, 6) is -1.64. The molecule has 0 aliphatic carbocycles. The second kappa shape index (κ2) is 9.50. The van der Waals surface area contributed by atoms with Gasteiger partial charge in [0, 0.05) is 17.0 Å². The molecule has 0 unspecified atom stereocenters. The Morgan fingerprint density at radius 2 is 1.63 bits per heavy atom. The van der Waals surface area contributed by atoms with E-state index < -0.39 is 17.6 Å². The number of carbonyl (C=O) groups excluding carboxylic acids is 1. The molecule has 3 aromatic carbocycles. The Morgan fingerprint density at radius 1 is 0.971 bits per heavy atom. The second-order valence-electron chi connectivity index (χ2n) is 9.32. The van der Waals surface area contributed by atoms with Crippen LogP contribution in [0.3, 0.4) is 0 Å². The van der Waals surface area contributed by atoms with Crippen LogP contribution in [-0.4, -0.2) is 18.2 Å². The zero-order valence-electron chi connectivity index (χ0n) is 19.9. The number of aliphatic hydroxyl groups is 1. The molecule has 0 fully saturated rings. The average molecular weight is 481 g/mol. The molecule has 182 valence electrons. The number of fused-ring (bicyclic) bond motifs is 1. The number of hydrogen-bond acceptors (Lipinski definition) is 5. The maximum absolute atomic E-state index is 13.6. The van der Waals surface area contributed by atoms with E-state index in [1.165, 1.54) is 7.11 Å². The average Bonchev–Trinajstić information content (AvgIpc) is 3.20. The van der Waals surface area contributed by atoms with Crippen molar-refractivity contribution < 1.29 is 32.6 Å². The van der Waals surface area contributed by atoms with Gasteiger partial charge in [0.1, 0.15) is 29.6 Å². The maximum atomic E-state index is 13.6. The molecule has 1 N–H and O–H groups in total. The molecular formula is C28H26F2O5. The molecule has 0 atom stereocenters. The summed E-state index contributed by atoms with van der Waals surface area (Å²) in [6.45, 7) is 5.69. The highest BCUT2D eigenvalue weighted by molar-refractivity contribution is 6.10. The normalized spacial score (nSPS) is 11.6. The monoisotopic (exact) mass is 480 g/mol.